The van der Waals surface area contributed by atoms with Crippen LogP contribution in [0.25, 0.3) is 0 Å². The fourth-order valence-corrected chi connectivity index (χ4v) is 2.91. The molecule has 0 aromatic heterocycles. The Morgan fingerprint density at radius 3 is 2.82 bits per heavy atom. The van der Waals surface area contributed by atoms with Crippen molar-refractivity contribution in [3.8, 4) is 0 Å². The number of carbonyl (C=O) groups excluding carboxylic acids is 1. The number of nitrogens with zero attached hydrogens (tertiary/aromatic N) is 1. The van der Waals surface area contributed by atoms with Gasteiger partial charge in [-0.1, -0.05) is 19.8 Å². The molecule has 0 aromatic carbocycles. The Bertz CT molecular complexity index is 251. The minimum atomic E-state index is 0.214. The summed E-state index contributed by atoms with van der Waals surface area (Å²) in [5.41, 5.74) is 0. The zero-order valence-electron chi connectivity index (χ0n) is 10.9. The summed E-state index contributed by atoms with van der Waals surface area (Å²) >= 11 is 0. The molecule has 0 aromatic rings. The molecule has 1 aliphatic heterocycles. The predicted molar refractivity (Wildman–Crippen MR) is 68.9 cm³/mol. The normalized spacial score (nSPS) is 31.1. The first-order valence-corrected chi connectivity index (χ1v) is 6.96. The monoisotopic (exact) mass is 239 g/mol. The van der Waals surface area contributed by atoms with Gasteiger partial charge in [0, 0.05) is 32.2 Å². The van der Waals surface area contributed by atoms with Crippen LogP contribution < -0.4 is 10.6 Å². The topological polar surface area (TPSA) is 44.4 Å². The van der Waals surface area contributed by atoms with Gasteiger partial charge in [0.2, 0.25) is 5.91 Å². The number of rotatable bonds is 3. The first kappa shape index (κ1) is 12.8. The van der Waals surface area contributed by atoms with Crippen molar-refractivity contribution >= 4 is 5.91 Å². The Kier molecular flexibility index (Phi) is 4.80. The molecule has 2 rings (SSSR count). The van der Waals surface area contributed by atoms with Crippen LogP contribution in [0, 0.1) is 5.92 Å². The molecule has 2 aliphatic rings. The zero-order valence-corrected chi connectivity index (χ0v) is 10.9. The molecule has 0 bridgehead atoms. The lowest BCUT2D eigenvalue weighted by Crippen LogP contribution is -2.49. The van der Waals surface area contributed by atoms with E-state index in [0.717, 1.165) is 44.9 Å². The molecule has 0 radical (unpaired) electrons. The van der Waals surface area contributed by atoms with E-state index in [4.69, 9.17) is 0 Å². The minimum absolute atomic E-state index is 0.214. The lowest BCUT2D eigenvalue weighted by molar-refractivity contribution is -0.123. The molecule has 2 N–H and O–H groups in total. The van der Waals surface area contributed by atoms with Crippen LogP contribution in [-0.4, -0.2) is 49.6 Å². The maximum absolute atomic E-state index is 11.9. The van der Waals surface area contributed by atoms with E-state index in [1.807, 2.05) is 0 Å². The van der Waals surface area contributed by atoms with Crippen LogP contribution in [0.15, 0.2) is 0 Å². The van der Waals surface area contributed by atoms with Gasteiger partial charge < -0.3 is 10.6 Å². The average Bonchev–Trinajstić information content (AvgIpc) is 2.30. The van der Waals surface area contributed by atoms with Crippen molar-refractivity contribution in [2.45, 2.75) is 38.6 Å². The Morgan fingerprint density at radius 2 is 2.12 bits per heavy atom. The molecule has 0 spiro atoms. The fraction of sp³-hybridized carbons (Fsp3) is 0.923. The van der Waals surface area contributed by atoms with E-state index in [2.05, 4.69) is 22.5 Å². The lowest BCUT2D eigenvalue weighted by atomic mass is 9.87. The van der Waals surface area contributed by atoms with Crippen LogP contribution in [0.2, 0.25) is 0 Å². The molecule has 2 fully saturated rings. The highest BCUT2D eigenvalue weighted by Crippen LogP contribution is 2.23. The van der Waals surface area contributed by atoms with Crippen molar-refractivity contribution in [3.63, 3.8) is 0 Å². The smallest absolute Gasteiger partial charge is 0.234 e. The summed E-state index contributed by atoms with van der Waals surface area (Å²) in [6.07, 6.45) is 4.91. The number of amides is 1. The first-order chi connectivity index (χ1) is 8.24. The van der Waals surface area contributed by atoms with E-state index in [9.17, 15) is 4.79 Å². The maximum atomic E-state index is 11.9. The van der Waals surface area contributed by atoms with Crippen molar-refractivity contribution in [1.82, 2.24) is 15.5 Å². The van der Waals surface area contributed by atoms with Crippen molar-refractivity contribution in [1.29, 1.82) is 0 Å². The van der Waals surface area contributed by atoms with Crippen LogP contribution in [-0.2, 0) is 4.79 Å². The Balaban J connectivity index is 1.68. The number of piperazine rings is 1. The molecule has 17 heavy (non-hydrogen) atoms. The lowest BCUT2D eigenvalue weighted by Gasteiger charge is -2.30. The van der Waals surface area contributed by atoms with Gasteiger partial charge in [-0.15, -0.1) is 0 Å². The van der Waals surface area contributed by atoms with Crippen molar-refractivity contribution in [2.24, 2.45) is 5.92 Å². The van der Waals surface area contributed by atoms with E-state index < -0.39 is 0 Å². The number of nitrogens with one attached hydrogen (secondary N) is 2. The van der Waals surface area contributed by atoms with Gasteiger partial charge in [-0.3, -0.25) is 9.69 Å². The van der Waals surface area contributed by atoms with E-state index in [1.165, 1.54) is 12.8 Å². The van der Waals surface area contributed by atoms with Gasteiger partial charge in [0.15, 0.2) is 0 Å². The second kappa shape index (κ2) is 6.36. The van der Waals surface area contributed by atoms with Gasteiger partial charge in [0.25, 0.3) is 0 Å². The predicted octanol–water partition coefficient (Wildman–Crippen LogP) is 0.587. The summed E-state index contributed by atoms with van der Waals surface area (Å²) in [4.78, 5) is 14.1. The number of carbonyl (C=O) groups is 1. The summed E-state index contributed by atoms with van der Waals surface area (Å²) < 4.78 is 0. The van der Waals surface area contributed by atoms with Crippen LogP contribution in [0.5, 0.6) is 0 Å². The SMILES string of the molecule is C[C@@H]1CCC[C@H](NC(=O)CN2CCNCC2)C1. The molecule has 2 atom stereocenters. The van der Waals surface area contributed by atoms with Gasteiger partial charge >= 0.3 is 0 Å². The molecule has 1 saturated heterocycles. The van der Waals surface area contributed by atoms with Gasteiger partial charge in [-0.25, -0.2) is 0 Å². The number of hydrogen-bond donors (Lipinski definition) is 2. The van der Waals surface area contributed by atoms with E-state index in [0.29, 0.717) is 12.6 Å². The summed E-state index contributed by atoms with van der Waals surface area (Å²) in [5.74, 6) is 0.985. The van der Waals surface area contributed by atoms with E-state index in [1.54, 1.807) is 0 Å². The summed E-state index contributed by atoms with van der Waals surface area (Å²) in [7, 11) is 0. The molecule has 1 heterocycles. The van der Waals surface area contributed by atoms with Gasteiger partial charge in [-0.2, -0.15) is 0 Å². The van der Waals surface area contributed by atoms with Crippen molar-refractivity contribution in [2.75, 3.05) is 32.7 Å². The minimum Gasteiger partial charge on any atom is -0.352 e. The molecule has 98 valence electrons. The largest absolute Gasteiger partial charge is 0.352 e. The third kappa shape index (κ3) is 4.28. The second-order valence-corrected chi connectivity index (χ2v) is 5.56. The highest BCUT2D eigenvalue weighted by Gasteiger charge is 2.21. The third-order valence-electron chi connectivity index (χ3n) is 3.88. The molecular weight excluding hydrogens is 214 g/mol. The Morgan fingerprint density at radius 1 is 1.35 bits per heavy atom. The van der Waals surface area contributed by atoms with E-state index >= 15 is 0 Å². The number of hydrogen-bond acceptors (Lipinski definition) is 3. The van der Waals surface area contributed by atoms with Gasteiger partial charge in [-0.05, 0) is 18.8 Å². The van der Waals surface area contributed by atoms with Crippen LogP contribution in [0.3, 0.4) is 0 Å². The molecule has 4 nitrogen and oxygen atoms in total. The summed E-state index contributed by atoms with van der Waals surface area (Å²) in [6.45, 7) is 6.87. The maximum Gasteiger partial charge on any atom is 0.234 e. The highest BCUT2D eigenvalue weighted by molar-refractivity contribution is 5.78. The zero-order chi connectivity index (χ0) is 12.1. The molecule has 4 heteroatoms. The third-order valence-corrected chi connectivity index (χ3v) is 3.88. The van der Waals surface area contributed by atoms with Crippen LogP contribution >= 0.6 is 0 Å². The first-order valence-electron chi connectivity index (χ1n) is 6.96. The molecule has 0 unspecified atom stereocenters. The Hall–Kier alpha value is -0.610. The molecular formula is C13H25N3O. The van der Waals surface area contributed by atoms with E-state index in [-0.39, 0.29) is 5.91 Å². The molecule has 1 saturated carbocycles. The summed E-state index contributed by atoms with van der Waals surface area (Å²) in [5, 5.41) is 6.50. The molecule has 1 amide bonds. The van der Waals surface area contributed by atoms with Crippen LogP contribution in [0.1, 0.15) is 32.6 Å². The van der Waals surface area contributed by atoms with Crippen molar-refractivity contribution < 1.29 is 4.79 Å². The second-order valence-electron chi connectivity index (χ2n) is 5.56. The average molecular weight is 239 g/mol. The molecule has 1 aliphatic carbocycles. The van der Waals surface area contributed by atoms with Gasteiger partial charge in [0.05, 0.1) is 6.54 Å². The highest BCUT2D eigenvalue weighted by atomic mass is 16.2. The van der Waals surface area contributed by atoms with Crippen LogP contribution in [0.4, 0.5) is 0 Å². The Labute approximate surface area is 104 Å². The quantitative estimate of drug-likeness (QED) is 0.757. The van der Waals surface area contributed by atoms with Crippen molar-refractivity contribution in [3.05, 3.63) is 0 Å². The fourth-order valence-electron chi connectivity index (χ4n) is 2.91. The summed E-state index contributed by atoms with van der Waals surface area (Å²) in [6, 6.07) is 0.425. The van der Waals surface area contributed by atoms with Gasteiger partial charge in [0.1, 0.15) is 0 Å². The standard InChI is InChI=1S/C13H25N3O/c1-11-3-2-4-12(9-11)15-13(17)10-16-7-5-14-6-8-16/h11-12,14H,2-10H2,1H3,(H,15,17)/t11-,12+/m1/s1.